The lowest BCUT2D eigenvalue weighted by Gasteiger charge is -2.10. The summed E-state index contributed by atoms with van der Waals surface area (Å²) in [5.74, 6) is 1.65. The average molecular weight is 223 g/mol. The van der Waals surface area contributed by atoms with Gasteiger partial charge in [-0.25, -0.2) is 0 Å². The smallest absolute Gasteiger partial charge is 0.140 e. The zero-order valence-electron chi connectivity index (χ0n) is 11.0. The summed E-state index contributed by atoms with van der Waals surface area (Å²) in [6.45, 7) is 6.47. The Labute approximate surface area is 99.4 Å². The Hall–Kier alpha value is -0.790. The Kier molecular flexibility index (Phi) is 6.20. The maximum Gasteiger partial charge on any atom is 0.140 e. The molecule has 1 atom stereocenters. The minimum absolute atomic E-state index is 0.572. The molecule has 0 aliphatic heterocycles. The molecule has 0 radical (unpaired) electrons. The zero-order chi connectivity index (χ0) is 11.8. The van der Waals surface area contributed by atoms with Gasteiger partial charge in [0.1, 0.15) is 5.76 Å². The number of rotatable bonds is 8. The van der Waals surface area contributed by atoms with Gasteiger partial charge in [-0.15, -0.1) is 0 Å². The SMILES string of the molecule is CCCCCCCC(CC)c1cc(C)no1. The van der Waals surface area contributed by atoms with Crippen LogP contribution in [0.1, 0.15) is 76.2 Å². The summed E-state index contributed by atoms with van der Waals surface area (Å²) in [6, 6.07) is 2.08. The van der Waals surface area contributed by atoms with Crippen LogP contribution in [0.5, 0.6) is 0 Å². The Morgan fingerprint density at radius 1 is 1.19 bits per heavy atom. The van der Waals surface area contributed by atoms with Crippen molar-refractivity contribution in [2.75, 3.05) is 0 Å². The van der Waals surface area contributed by atoms with Crippen LogP contribution in [0.4, 0.5) is 0 Å². The van der Waals surface area contributed by atoms with E-state index in [4.69, 9.17) is 4.52 Å². The monoisotopic (exact) mass is 223 g/mol. The molecule has 0 fully saturated rings. The highest BCUT2D eigenvalue weighted by Gasteiger charge is 2.13. The van der Waals surface area contributed by atoms with Crippen LogP contribution in [0.3, 0.4) is 0 Å². The maximum absolute atomic E-state index is 5.35. The van der Waals surface area contributed by atoms with E-state index in [0.29, 0.717) is 5.92 Å². The summed E-state index contributed by atoms with van der Waals surface area (Å²) in [4.78, 5) is 0. The lowest BCUT2D eigenvalue weighted by atomic mass is 9.95. The Bertz CT molecular complexity index is 280. The second kappa shape index (κ2) is 7.48. The van der Waals surface area contributed by atoms with E-state index in [0.717, 1.165) is 17.9 Å². The largest absolute Gasteiger partial charge is 0.361 e. The quantitative estimate of drug-likeness (QED) is 0.589. The number of hydrogen-bond acceptors (Lipinski definition) is 2. The average Bonchev–Trinajstić information content (AvgIpc) is 2.70. The van der Waals surface area contributed by atoms with Crippen molar-refractivity contribution >= 4 is 0 Å². The van der Waals surface area contributed by atoms with E-state index >= 15 is 0 Å². The van der Waals surface area contributed by atoms with Crippen molar-refractivity contribution < 1.29 is 4.52 Å². The molecule has 0 saturated heterocycles. The third-order valence-electron chi connectivity index (χ3n) is 3.20. The molecule has 2 nitrogen and oxygen atoms in total. The molecule has 0 aromatic carbocycles. The molecule has 0 N–H and O–H groups in total. The van der Waals surface area contributed by atoms with Crippen molar-refractivity contribution in [3.05, 3.63) is 17.5 Å². The minimum Gasteiger partial charge on any atom is -0.361 e. The van der Waals surface area contributed by atoms with Gasteiger partial charge in [0.05, 0.1) is 5.69 Å². The number of aromatic nitrogens is 1. The first kappa shape index (κ1) is 13.3. The van der Waals surface area contributed by atoms with Crippen LogP contribution in [-0.2, 0) is 0 Å². The van der Waals surface area contributed by atoms with Crippen LogP contribution in [0, 0.1) is 6.92 Å². The Balaban J connectivity index is 2.27. The van der Waals surface area contributed by atoms with E-state index in [9.17, 15) is 0 Å². The molecule has 0 aliphatic rings. The van der Waals surface area contributed by atoms with Gasteiger partial charge in [-0.05, 0) is 19.8 Å². The van der Waals surface area contributed by atoms with Crippen LogP contribution in [0.15, 0.2) is 10.6 Å². The molecule has 0 saturated carbocycles. The van der Waals surface area contributed by atoms with Gasteiger partial charge in [0, 0.05) is 12.0 Å². The van der Waals surface area contributed by atoms with Crippen molar-refractivity contribution in [1.29, 1.82) is 0 Å². The Morgan fingerprint density at radius 3 is 2.50 bits per heavy atom. The molecule has 1 heterocycles. The lowest BCUT2D eigenvalue weighted by Crippen LogP contribution is -1.95. The van der Waals surface area contributed by atoms with E-state index in [1.54, 1.807) is 0 Å². The van der Waals surface area contributed by atoms with Crippen LogP contribution in [0.25, 0.3) is 0 Å². The van der Waals surface area contributed by atoms with Crippen molar-refractivity contribution in [3.8, 4) is 0 Å². The summed E-state index contributed by atoms with van der Waals surface area (Å²) >= 11 is 0. The van der Waals surface area contributed by atoms with Crippen molar-refractivity contribution in [2.24, 2.45) is 0 Å². The minimum atomic E-state index is 0.572. The van der Waals surface area contributed by atoms with Gasteiger partial charge in [-0.1, -0.05) is 51.1 Å². The molecule has 2 heteroatoms. The standard InChI is InChI=1S/C14H25NO/c1-4-6-7-8-9-10-13(5-2)14-11-12(3)15-16-14/h11,13H,4-10H2,1-3H3. The van der Waals surface area contributed by atoms with Gasteiger partial charge in [0.2, 0.25) is 0 Å². The number of hydrogen-bond donors (Lipinski definition) is 0. The van der Waals surface area contributed by atoms with Gasteiger partial charge < -0.3 is 4.52 Å². The molecule has 1 unspecified atom stereocenters. The third kappa shape index (κ3) is 4.38. The van der Waals surface area contributed by atoms with E-state index in [1.807, 2.05) is 6.92 Å². The van der Waals surface area contributed by atoms with Crippen LogP contribution < -0.4 is 0 Å². The summed E-state index contributed by atoms with van der Waals surface area (Å²) in [6.07, 6.45) is 9.14. The van der Waals surface area contributed by atoms with E-state index in [-0.39, 0.29) is 0 Å². The zero-order valence-corrected chi connectivity index (χ0v) is 11.0. The first-order valence-corrected chi connectivity index (χ1v) is 6.71. The maximum atomic E-state index is 5.35. The molecule has 16 heavy (non-hydrogen) atoms. The van der Waals surface area contributed by atoms with E-state index < -0.39 is 0 Å². The molecule has 1 aromatic heterocycles. The molecule has 0 bridgehead atoms. The molecule has 92 valence electrons. The fraction of sp³-hybridized carbons (Fsp3) is 0.786. The first-order chi connectivity index (χ1) is 7.77. The number of nitrogens with zero attached hydrogens (tertiary/aromatic N) is 1. The lowest BCUT2D eigenvalue weighted by molar-refractivity contribution is 0.343. The topological polar surface area (TPSA) is 26.0 Å². The molecular formula is C14H25NO. The number of unbranched alkanes of at least 4 members (excludes halogenated alkanes) is 4. The molecule has 0 amide bonds. The normalized spacial score (nSPS) is 12.9. The van der Waals surface area contributed by atoms with Gasteiger partial charge >= 0.3 is 0 Å². The second-order valence-electron chi connectivity index (χ2n) is 4.68. The summed E-state index contributed by atoms with van der Waals surface area (Å²) in [5.41, 5.74) is 0.999. The highest BCUT2D eigenvalue weighted by molar-refractivity contribution is 5.08. The van der Waals surface area contributed by atoms with Gasteiger partial charge in [0.15, 0.2) is 0 Å². The molecule has 0 spiro atoms. The summed E-state index contributed by atoms with van der Waals surface area (Å²) < 4.78 is 5.35. The number of aryl methyl sites for hydroxylation is 1. The van der Waals surface area contributed by atoms with Crippen molar-refractivity contribution in [3.63, 3.8) is 0 Å². The van der Waals surface area contributed by atoms with Crippen molar-refractivity contribution in [1.82, 2.24) is 5.16 Å². The fourth-order valence-corrected chi connectivity index (χ4v) is 2.12. The summed E-state index contributed by atoms with van der Waals surface area (Å²) in [7, 11) is 0. The molecule has 1 rings (SSSR count). The Morgan fingerprint density at radius 2 is 1.94 bits per heavy atom. The van der Waals surface area contributed by atoms with Crippen LogP contribution in [0.2, 0.25) is 0 Å². The first-order valence-electron chi connectivity index (χ1n) is 6.71. The van der Waals surface area contributed by atoms with Gasteiger partial charge in [-0.3, -0.25) is 0 Å². The molecule has 1 aromatic rings. The van der Waals surface area contributed by atoms with Crippen LogP contribution >= 0.6 is 0 Å². The molecule has 0 aliphatic carbocycles. The third-order valence-corrected chi connectivity index (χ3v) is 3.20. The van der Waals surface area contributed by atoms with Gasteiger partial charge in [0.25, 0.3) is 0 Å². The van der Waals surface area contributed by atoms with E-state index in [2.05, 4.69) is 25.1 Å². The second-order valence-corrected chi connectivity index (χ2v) is 4.68. The highest BCUT2D eigenvalue weighted by atomic mass is 16.5. The summed E-state index contributed by atoms with van der Waals surface area (Å²) in [5, 5.41) is 3.97. The highest BCUT2D eigenvalue weighted by Crippen LogP contribution is 2.26. The predicted octanol–water partition coefficient (Wildman–Crippen LogP) is 4.84. The van der Waals surface area contributed by atoms with Crippen molar-refractivity contribution in [2.45, 2.75) is 71.6 Å². The van der Waals surface area contributed by atoms with Gasteiger partial charge in [-0.2, -0.15) is 0 Å². The van der Waals surface area contributed by atoms with Crippen LogP contribution in [-0.4, -0.2) is 5.16 Å². The fourth-order valence-electron chi connectivity index (χ4n) is 2.12. The molecular weight excluding hydrogens is 198 g/mol. The predicted molar refractivity (Wildman–Crippen MR) is 67.6 cm³/mol. The van der Waals surface area contributed by atoms with E-state index in [1.165, 1.54) is 38.5 Å².